The molecule has 2 atom stereocenters. The maximum absolute atomic E-state index is 11.6. The third kappa shape index (κ3) is 5.07. The van der Waals surface area contributed by atoms with E-state index in [1.807, 2.05) is 48.7 Å². The van der Waals surface area contributed by atoms with E-state index >= 15 is 0 Å². The Labute approximate surface area is 250 Å². The quantitative estimate of drug-likeness (QED) is 0.136. The summed E-state index contributed by atoms with van der Waals surface area (Å²) in [7, 11) is 1.57. The van der Waals surface area contributed by atoms with Gasteiger partial charge in [-0.2, -0.15) is 0 Å². The van der Waals surface area contributed by atoms with Crippen molar-refractivity contribution in [2.45, 2.75) is 57.7 Å². The second-order valence-corrected chi connectivity index (χ2v) is 11.2. The number of ether oxygens (including phenoxy) is 2. The van der Waals surface area contributed by atoms with Crippen LogP contribution in [0.15, 0.2) is 72.9 Å². The highest BCUT2D eigenvalue weighted by Crippen LogP contribution is 2.44. The predicted molar refractivity (Wildman–Crippen MR) is 166 cm³/mol. The van der Waals surface area contributed by atoms with Crippen molar-refractivity contribution in [1.29, 1.82) is 0 Å². The second-order valence-electron chi connectivity index (χ2n) is 10.8. The summed E-state index contributed by atoms with van der Waals surface area (Å²) in [5.74, 6) is 1.41. The summed E-state index contributed by atoms with van der Waals surface area (Å²) < 4.78 is 13.9. The van der Waals surface area contributed by atoms with E-state index in [0.29, 0.717) is 16.5 Å². The van der Waals surface area contributed by atoms with Crippen LogP contribution in [-0.4, -0.2) is 32.8 Å². The zero-order valence-corrected chi connectivity index (χ0v) is 24.6. The minimum absolute atomic E-state index is 0.00328. The Morgan fingerprint density at radius 1 is 1.05 bits per heavy atom. The van der Waals surface area contributed by atoms with Crippen LogP contribution in [0, 0.1) is 24.0 Å². The molecule has 0 radical (unpaired) electrons. The van der Waals surface area contributed by atoms with Crippen molar-refractivity contribution in [1.82, 2.24) is 14.9 Å². The summed E-state index contributed by atoms with van der Waals surface area (Å²) in [6, 6.07) is 20.3. The van der Waals surface area contributed by atoms with Gasteiger partial charge in [-0.25, -0.2) is 0 Å². The van der Waals surface area contributed by atoms with Gasteiger partial charge in [-0.15, -0.1) is 0 Å². The molecule has 1 aliphatic heterocycles. The molecule has 1 saturated heterocycles. The zero-order valence-electron chi connectivity index (χ0n) is 23.8. The van der Waals surface area contributed by atoms with Crippen LogP contribution < -0.4 is 19.7 Å². The SMILES string of the molecule is COc1ccc([N+](=O)[O-])cc1-n1c(C)cc([C@H]2[C@H](c3ccccn3)NC(=S)N2c2ccc(OC3CCCC3)cc2)c1C. The fourth-order valence-electron chi connectivity index (χ4n) is 6.26. The van der Waals surface area contributed by atoms with Crippen molar-refractivity contribution in [3.8, 4) is 17.2 Å². The molecule has 9 nitrogen and oxygen atoms in total. The molecule has 6 rings (SSSR count). The van der Waals surface area contributed by atoms with E-state index in [1.165, 1.54) is 18.9 Å². The first kappa shape index (κ1) is 27.7. The van der Waals surface area contributed by atoms with Gasteiger partial charge in [0.05, 0.1) is 41.6 Å². The number of non-ortho nitro benzene ring substituents is 1. The van der Waals surface area contributed by atoms with Crippen LogP contribution >= 0.6 is 12.2 Å². The number of thiocarbonyl (C=S) groups is 1. The normalized spacial score (nSPS) is 18.7. The molecular weight excluding hydrogens is 550 g/mol. The summed E-state index contributed by atoms with van der Waals surface area (Å²) in [6.45, 7) is 4.01. The number of nitrogens with one attached hydrogen (secondary N) is 1. The van der Waals surface area contributed by atoms with Gasteiger partial charge < -0.3 is 24.3 Å². The van der Waals surface area contributed by atoms with Gasteiger partial charge in [0.15, 0.2) is 5.11 Å². The molecule has 0 unspecified atom stereocenters. The Kier molecular flexibility index (Phi) is 7.55. The summed E-state index contributed by atoms with van der Waals surface area (Å²) in [6.07, 6.45) is 6.69. The van der Waals surface area contributed by atoms with Crippen molar-refractivity contribution >= 4 is 28.7 Å². The van der Waals surface area contributed by atoms with Crippen LogP contribution in [-0.2, 0) is 0 Å². The highest BCUT2D eigenvalue weighted by Gasteiger charge is 2.42. The number of nitro groups is 1. The molecule has 2 aliphatic rings. The maximum Gasteiger partial charge on any atom is 0.271 e. The number of aryl methyl sites for hydroxylation is 1. The standard InChI is InChI=1S/C32H33N5O4S/c1-20-18-26(21(2)35(20)28-19-23(37(38)39)13-16-29(28)40-3)31-30(27-10-6-7-17-33-27)34-32(42)36(31)22-11-14-25(15-12-22)41-24-8-4-5-9-24/h6-7,10-19,24,30-31H,4-5,8-9H2,1-3H3,(H,34,42)/t30-,31-/m0/s1. The first-order valence-corrected chi connectivity index (χ1v) is 14.6. The topological polar surface area (TPSA) is 94.7 Å². The molecular formula is C32H33N5O4S. The number of rotatable bonds is 8. The lowest BCUT2D eigenvalue weighted by molar-refractivity contribution is -0.384. The first-order valence-electron chi connectivity index (χ1n) is 14.1. The lowest BCUT2D eigenvalue weighted by Crippen LogP contribution is -2.29. The van der Waals surface area contributed by atoms with Gasteiger partial charge >= 0.3 is 0 Å². The van der Waals surface area contributed by atoms with Gasteiger partial charge in [-0.1, -0.05) is 6.07 Å². The largest absolute Gasteiger partial charge is 0.495 e. The van der Waals surface area contributed by atoms with Gasteiger partial charge in [-0.05, 0) is 106 Å². The Morgan fingerprint density at radius 3 is 2.48 bits per heavy atom. The van der Waals surface area contributed by atoms with Crippen LogP contribution in [0.3, 0.4) is 0 Å². The van der Waals surface area contributed by atoms with Crippen molar-refractivity contribution in [3.63, 3.8) is 0 Å². The van der Waals surface area contributed by atoms with Crippen molar-refractivity contribution in [3.05, 3.63) is 106 Å². The van der Waals surface area contributed by atoms with Crippen molar-refractivity contribution < 1.29 is 14.4 Å². The third-order valence-electron chi connectivity index (χ3n) is 8.22. The number of nitro benzene ring substituents is 1. The van der Waals surface area contributed by atoms with Crippen LogP contribution in [0.2, 0.25) is 0 Å². The number of hydrogen-bond acceptors (Lipinski definition) is 6. The molecule has 1 aliphatic carbocycles. The molecule has 216 valence electrons. The van der Waals surface area contributed by atoms with Gasteiger partial charge in [-0.3, -0.25) is 15.1 Å². The Bertz CT molecular complexity index is 1620. The molecule has 2 aromatic carbocycles. The molecule has 0 amide bonds. The third-order valence-corrected chi connectivity index (χ3v) is 8.54. The molecule has 3 heterocycles. The van der Waals surface area contributed by atoms with Crippen LogP contribution in [0.1, 0.15) is 60.4 Å². The van der Waals surface area contributed by atoms with Crippen molar-refractivity contribution in [2.24, 2.45) is 0 Å². The molecule has 10 heteroatoms. The van der Waals surface area contributed by atoms with Gasteiger partial charge in [0.25, 0.3) is 5.69 Å². The maximum atomic E-state index is 11.6. The van der Waals surface area contributed by atoms with E-state index in [4.69, 9.17) is 21.7 Å². The van der Waals surface area contributed by atoms with Gasteiger partial charge in [0, 0.05) is 35.4 Å². The lowest BCUT2D eigenvalue weighted by Gasteiger charge is -2.28. The number of anilines is 1. The van der Waals surface area contributed by atoms with E-state index in [2.05, 4.69) is 33.4 Å². The fraction of sp³-hybridized carbons (Fsp3) is 0.312. The number of aromatic nitrogens is 2. The number of methoxy groups -OCH3 is 1. The minimum Gasteiger partial charge on any atom is -0.495 e. The fourth-order valence-corrected chi connectivity index (χ4v) is 6.60. The highest BCUT2D eigenvalue weighted by atomic mass is 32.1. The summed E-state index contributed by atoms with van der Waals surface area (Å²) in [4.78, 5) is 18.0. The van der Waals surface area contributed by atoms with E-state index in [9.17, 15) is 10.1 Å². The number of hydrogen-bond donors (Lipinski definition) is 1. The first-order chi connectivity index (χ1) is 20.4. The Hall–Kier alpha value is -4.44. The molecule has 0 spiro atoms. The van der Waals surface area contributed by atoms with Crippen LogP contribution in [0.25, 0.3) is 5.69 Å². The monoisotopic (exact) mass is 583 g/mol. The molecule has 2 fully saturated rings. The minimum atomic E-state index is -0.393. The molecule has 1 saturated carbocycles. The molecule has 42 heavy (non-hydrogen) atoms. The molecule has 2 aromatic heterocycles. The molecule has 1 N–H and O–H groups in total. The summed E-state index contributed by atoms with van der Waals surface area (Å²) in [5, 5.41) is 15.8. The smallest absolute Gasteiger partial charge is 0.271 e. The lowest BCUT2D eigenvalue weighted by atomic mass is 9.96. The van der Waals surface area contributed by atoms with E-state index in [1.54, 1.807) is 25.4 Å². The zero-order chi connectivity index (χ0) is 29.4. The van der Waals surface area contributed by atoms with Gasteiger partial charge in [0.2, 0.25) is 0 Å². The van der Waals surface area contributed by atoms with E-state index in [-0.39, 0.29) is 23.9 Å². The van der Waals surface area contributed by atoms with Gasteiger partial charge in [0.1, 0.15) is 11.5 Å². The highest BCUT2D eigenvalue weighted by molar-refractivity contribution is 7.80. The van der Waals surface area contributed by atoms with Crippen molar-refractivity contribution in [2.75, 3.05) is 12.0 Å². The Balaban J connectivity index is 1.44. The average molecular weight is 584 g/mol. The number of nitrogens with zero attached hydrogens (tertiary/aromatic N) is 4. The summed E-state index contributed by atoms with van der Waals surface area (Å²) in [5.41, 5.74) is 5.27. The van der Waals surface area contributed by atoms with E-state index in [0.717, 1.165) is 46.9 Å². The van der Waals surface area contributed by atoms with Crippen LogP contribution in [0.5, 0.6) is 11.5 Å². The average Bonchev–Trinajstić information content (AvgIpc) is 3.71. The van der Waals surface area contributed by atoms with E-state index < -0.39 is 4.92 Å². The molecule has 0 bridgehead atoms. The number of pyridine rings is 1. The Morgan fingerprint density at radius 2 is 1.81 bits per heavy atom. The number of benzene rings is 2. The van der Waals surface area contributed by atoms with Crippen LogP contribution in [0.4, 0.5) is 11.4 Å². The second kappa shape index (κ2) is 11.4. The molecule has 4 aromatic rings. The predicted octanol–water partition coefficient (Wildman–Crippen LogP) is 6.90. The summed E-state index contributed by atoms with van der Waals surface area (Å²) >= 11 is 5.94.